The lowest BCUT2D eigenvalue weighted by atomic mass is 10.0. The Balaban J connectivity index is 1.67. The van der Waals surface area contributed by atoms with Gasteiger partial charge in [-0.25, -0.2) is 0 Å². The molecule has 2 heterocycles. The minimum atomic E-state index is -4.55. The van der Waals surface area contributed by atoms with Crippen LogP contribution in [0, 0.1) is 0 Å². The van der Waals surface area contributed by atoms with Gasteiger partial charge in [-0.1, -0.05) is 0 Å². The Bertz CT molecular complexity index is 1060. The minimum Gasteiger partial charge on any atom is -0.370 e. The highest BCUT2D eigenvalue weighted by Gasteiger charge is 2.34. The lowest BCUT2D eigenvalue weighted by Crippen LogP contribution is -2.24. The van der Waals surface area contributed by atoms with Crippen LogP contribution in [0.25, 0.3) is 0 Å². The summed E-state index contributed by atoms with van der Waals surface area (Å²) in [5, 5.41) is 2.55. The van der Waals surface area contributed by atoms with Crippen LogP contribution in [-0.4, -0.2) is 42.8 Å². The summed E-state index contributed by atoms with van der Waals surface area (Å²) < 4.78 is 39.6. The van der Waals surface area contributed by atoms with Gasteiger partial charge in [-0.05, 0) is 49.2 Å². The number of hydrogen-bond donors (Lipinski definition) is 1. The highest BCUT2D eigenvalue weighted by Crippen LogP contribution is 2.37. The largest absolute Gasteiger partial charge is 0.416 e. The molecule has 2 aromatic carbocycles. The molecule has 1 fully saturated rings. The Hall–Kier alpha value is -3.36. The quantitative estimate of drug-likeness (QED) is 0.772. The van der Waals surface area contributed by atoms with Gasteiger partial charge in [-0.15, -0.1) is 0 Å². The number of hydrogen-bond acceptors (Lipinski definition) is 4. The third kappa shape index (κ3) is 3.40. The van der Waals surface area contributed by atoms with Crippen LogP contribution in [0.5, 0.6) is 0 Å². The highest BCUT2D eigenvalue weighted by molar-refractivity contribution is 6.22. The van der Waals surface area contributed by atoms with Crippen LogP contribution in [0.2, 0.25) is 0 Å². The summed E-state index contributed by atoms with van der Waals surface area (Å²) in [7, 11) is 1.34. The molecule has 6 nitrogen and oxygen atoms in total. The number of carbonyl (C=O) groups excluding carboxylic acids is 3. The van der Waals surface area contributed by atoms with E-state index in [9.17, 15) is 27.6 Å². The maximum atomic E-state index is 13.2. The average Bonchev–Trinajstić information content (AvgIpc) is 3.31. The van der Waals surface area contributed by atoms with Crippen LogP contribution in [0.1, 0.15) is 49.5 Å². The molecule has 0 unspecified atom stereocenters. The first-order valence-electron chi connectivity index (χ1n) is 9.41. The van der Waals surface area contributed by atoms with Gasteiger partial charge in [0.15, 0.2) is 0 Å². The molecule has 0 bridgehead atoms. The average molecular weight is 417 g/mol. The van der Waals surface area contributed by atoms with Gasteiger partial charge in [0.05, 0.1) is 28.1 Å². The molecule has 1 saturated heterocycles. The maximum Gasteiger partial charge on any atom is 0.416 e. The fraction of sp³-hybridized carbons (Fsp3) is 0.286. The minimum absolute atomic E-state index is 0.0525. The van der Waals surface area contributed by atoms with Crippen LogP contribution in [0.4, 0.5) is 24.5 Å². The second kappa shape index (κ2) is 7.16. The third-order valence-corrected chi connectivity index (χ3v) is 5.37. The fourth-order valence-corrected chi connectivity index (χ4v) is 3.74. The van der Waals surface area contributed by atoms with Crippen LogP contribution in [-0.2, 0) is 6.18 Å². The van der Waals surface area contributed by atoms with E-state index in [1.807, 2.05) is 4.90 Å². The molecule has 0 atom stereocenters. The van der Waals surface area contributed by atoms with Gasteiger partial charge in [0.2, 0.25) is 0 Å². The van der Waals surface area contributed by atoms with E-state index in [1.54, 1.807) is 0 Å². The highest BCUT2D eigenvalue weighted by atomic mass is 19.4. The topological polar surface area (TPSA) is 69.7 Å². The number of imide groups is 1. The molecule has 0 spiro atoms. The number of nitrogens with one attached hydrogen (secondary N) is 1. The molecule has 9 heteroatoms. The zero-order valence-electron chi connectivity index (χ0n) is 16.0. The predicted octanol–water partition coefficient (Wildman–Crippen LogP) is 3.78. The molecule has 30 heavy (non-hydrogen) atoms. The van der Waals surface area contributed by atoms with Crippen molar-refractivity contribution in [2.45, 2.75) is 19.0 Å². The van der Waals surface area contributed by atoms with E-state index >= 15 is 0 Å². The smallest absolute Gasteiger partial charge is 0.370 e. The van der Waals surface area contributed by atoms with E-state index in [0.717, 1.165) is 29.9 Å². The van der Waals surface area contributed by atoms with Crippen molar-refractivity contribution in [3.8, 4) is 0 Å². The second-order valence-electron chi connectivity index (χ2n) is 7.31. The summed E-state index contributed by atoms with van der Waals surface area (Å²) in [5.41, 5.74) is 0.0691. The molecule has 2 aliphatic heterocycles. The first-order chi connectivity index (χ1) is 14.2. The first kappa shape index (κ1) is 19.9. The van der Waals surface area contributed by atoms with Gasteiger partial charge in [0.25, 0.3) is 17.7 Å². The zero-order valence-corrected chi connectivity index (χ0v) is 16.0. The Morgan fingerprint density at radius 2 is 1.63 bits per heavy atom. The number of alkyl halides is 3. The molecule has 1 N–H and O–H groups in total. The summed E-state index contributed by atoms with van der Waals surface area (Å²) in [6, 6.07) is 7.32. The molecule has 0 aromatic heterocycles. The lowest BCUT2D eigenvalue weighted by Gasteiger charge is -2.23. The standard InChI is InChI=1S/C21H18F3N3O3/c1-26-19(29)14-6-4-12(10-15(14)20(26)30)18(28)25-16-11-13(21(22,23)24)5-7-17(16)27-8-2-3-9-27/h4-7,10-11H,2-3,8-9H2,1H3,(H,25,28). The fourth-order valence-electron chi connectivity index (χ4n) is 3.74. The summed E-state index contributed by atoms with van der Waals surface area (Å²) in [4.78, 5) is 39.8. The van der Waals surface area contributed by atoms with Crippen molar-refractivity contribution in [1.29, 1.82) is 0 Å². The van der Waals surface area contributed by atoms with E-state index in [0.29, 0.717) is 18.8 Å². The van der Waals surface area contributed by atoms with Crippen molar-refractivity contribution in [2.24, 2.45) is 0 Å². The monoisotopic (exact) mass is 417 g/mol. The SMILES string of the molecule is CN1C(=O)c2ccc(C(=O)Nc3cc(C(F)(F)F)ccc3N3CCCC3)cc2C1=O. The third-order valence-electron chi connectivity index (χ3n) is 5.37. The van der Waals surface area contributed by atoms with Crippen molar-refractivity contribution < 1.29 is 27.6 Å². The van der Waals surface area contributed by atoms with Crippen molar-refractivity contribution >= 4 is 29.1 Å². The molecule has 0 saturated carbocycles. The van der Waals surface area contributed by atoms with E-state index in [-0.39, 0.29) is 22.4 Å². The maximum absolute atomic E-state index is 13.2. The van der Waals surface area contributed by atoms with E-state index in [4.69, 9.17) is 0 Å². The van der Waals surface area contributed by atoms with Crippen LogP contribution >= 0.6 is 0 Å². The van der Waals surface area contributed by atoms with Gasteiger partial charge in [0, 0.05) is 25.7 Å². The van der Waals surface area contributed by atoms with Crippen LogP contribution < -0.4 is 10.2 Å². The number of nitrogens with zero attached hydrogens (tertiary/aromatic N) is 2. The molecule has 156 valence electrons. The molecule has 0 radical (unpaired) electrons. The summed E-state index contributed by atoms with van der Waals surface area (Å²) >= 11 is 0. The van der Waals surface area contributed by atoms with Crippen LogP contribution in [0.15, 0.2) is 36.4 Å². The van der Waals surface area contributed by atoms with E-state index < -0.39 is 29.5 Å². The number of amides is 3. The van der Waals surface area contributed by atoms with Gasteiger partial charge in [-0.3, -0.25) is 19.3 Å². The molecule has 2 aromatic rings. The first-order valence-corrected chi connectivity index (χ1v) is 9.41. The summed E-state index contributed by atoms with van der Waals surface area (Å²) in [6.45, 7) is 1.38. The summed E-state index contributed by atoms with van der Waals surface area (Å²) in [5.74, 6) is -1.65. The van der Waals surface area contributed by atoms with Crippen molar-refractivity contribution in [3.63, 3.8) is 0 Å². The zero-order chi connectivity index (χ0) is 21.6. The Morgan fingerprint density at radius 1 is 0.967 bits per heavy atom. The Labute approximate surface area is 170 Å². The molecule has 2 aliphatic rings. The van der Waals surface area contributed by atoms with Gasteiger partial charge < -0.3 is 10.2 Å². The van der Waals surface area contributed by atoms with E-state index in [2.05, 4.69) is 5.32 Å². The van der Waals surface area contributed by atoms with Crippen LogP contribution in [0.3, 0.4) is 0 Å². The van der Waals surface area contributed by atoms with E-state index in [1.165, 1.54) is 31.3 Å². The lowest BCUT2D eigenvalue weighted by molar-refractivity contribution is -0.137. The number of rotatable bonds is 3. The van der Waals surface area contributed by atoms with Crippen molar-refractivity contribution in [3.05, 3.63) is 58.7 Å². The molecule has 4 rings (SSSR count). The second-order valence-corrected chi connectivity index (χ2v) is 7.31. The Morgan fingerprint density at radius 3 is 2.30 bits per heavy atom. The van der Waals surface area contributed by atoms with Crippen molar-refractivity contribution in [1.82, 2.24) is 4.90 Å². The Kier molecular flexibility index (Phi) is 4.76. The normalized spacial score (nSPS) is 16.3. The summed E-state index contributed by atoms with van der Waals surface area (Å²) in [6.07, 6.45) is -2.71. The predicted molar refractivity (Wildman–Crippen MR) is 104 cm³/mol. The molecule has 3 amide bonds. The van der Waals surface area contributed by atoms with Gasteiger partial charge in [0.1, 0.15) is 0 Å². The van der Waals surface area contributed by atoms with Gasteiger partial charge >= 0.3 is 6.18 Å². The van der Waals surface area contributed by atoms with Crippen molar-refractivity contribution in [2.75, 3.05) is 30.4 Å². The number of benzene rings is 2. The molecule has 0 aliphatic carbocycles. The number of halogens is 3. The molecular formula is C21H18F3N3O3. The number of anilines is 2. The van der Waals surface area contributed by atoms with Gasteiger partial charge in [-0.2, -0.15) is 13.2 Å². The number of carbonyl (C=O) groups is 3. The molecular weight excluding hydrogens is 399 g/mol. The number of fused-ring (bicyclic) bond motifs is 1.